The summed E-state index contributed by atoms with van der Waals surface area (Å²) in [4.78, 5) is 28.1. The first-order chi connectivity index (χ1) is 9.38. The van der Waals surface area contributed by atoms with E-state index in [1.165, 1.54) is 0 Å². The molecule has 0 aromatic heterocycles. The normalized spacial score (nSPS) is 9.14. The summed E-state index contributed by atoms with van der Waals surface area (Å²) in [5.74, 6) is -4.39. The molecule has 13 heteroatoms. The average Bonchev–Trinajstić information content (AvgIpc) is 2.10. The van der Waals surface area contributed by atoms with Crippen LogP contribution in [0.2, 0.25) is 0 Å². The Hall–Kier alpha value is -0.947. The third kappa shape index (κ3) is 50.8. The fourth-order valence-electron chi connectivity index (χ4n) is 0.447. The Morgan fingerprint density at radius 3 is 0.727 bits per heavy atom. The Balaban J connectivity index is -0.000000108. The number of hydrogen-bond donors (Lipinski definition) is 6. The van der Waals surface area contributed by atoms with Gasteiger partial charge in [0.2, 0.25) is 0 Å². The van der Waals surface area contributed by atoms with E-state index in [1.807, 2.05) is 0 Å². The Morgan fingerprint density at radius 1 is 0.591 bits per heavy atom. The molecule has 22 heavy (non-hydrogen) atoms. The molecule has 0 unspecified atom stereocenters. The number of aliphatic carboxylic acids is 3. The molecule has 0 saturated heterocycles. The Kier molecular flexibility index (Phi) is 24.0. The smallest absolute Gasteiger partial charge is 0.550 e. The van der Waals surface area contributed by atoms with Crippen LogP contribution in [-0.4, -0.2) is 93.6 Å². The van der Waals surface area contributed by atoms with Crippen molar-refractivity contribution >= 4 is 44.1 Å². The minimum Gasteiger partial charge on any atom is -0.550 e. The number of rotatable bonds is 6. The summed E-state index contributed by atoms with van der Waals surface area (Å²) in [6, 6.07) is 0. The second-order valence-electron chi connectivity index (χ2n) is 3.17. The number of aliphatic hydroxyl groups is 6. The van der Waals surface area contributed by atoms with Gasteiger partial charge in [-0.1, -0.05) is 0 Å². The van der Waals surface area contributed by atoms with Gasteiger partial charge in [0.1, 0.15) is 0 Å². The van der Waals surface area contributed by atoms with Crippen LogP contribution in [-0.2, 0) is 14.4 Å². The molecule has 0 aliphatic rings. The van der Waals surface area contributed by atoms with Crippen molar-refractivity contribution in [1.82, 2.24) is 0 Å². The van der Waals surface area contributed by atoms with Gasteiger partial charge in [-0.2, -0.15) is 0 Å². The second-order valence-corrected chi connectivity index (χ2v) is 3.17. The maximum absolute atomic E-state index is 9.38. The van der Waals surface area contributed by atoms with Crippen molar-refractivity contribution in [1.29, 1.82) is 0 Å². The first kappa shape index (κ1) is 29.1. The van der Waals surface area contributed by atoms with Crippen LogP contribution in [0.15, 0.2) is 0 Å². The fraction of sp³-hybridized carbons (Fsp3) is 0.667. The van der Waals surface area contributed by atoms with Crippen LogP contribution in [0, 0.1) is 0 Å². The third-order valence-corrected chi connectivity index (χ3v) is 1.05. The SMILES string of the molecule is O=C([O-])CC(O)O.O=C([O-])CC(O)O.O=C([O-])CC(O)O.[Bi+3]. The molecule has 128 valence electrons. The molecule has 0 bridgehead atoms. The molecule has 0 spiro atoms. The maximum atomic E-state index is 9.38. The van der Waals surface area contributed by atoms with Crippen LogP contribution >= 0.6 is 0 Å². The predicted octanol–water partition coefficient (Wildman–Crippen LogP) is -8.07. The molecule has 0 heterocycles. The molecular weight excluding hydrogens is 509 g/mol. The zero-order chi connectivity index (χ0) is 17.6. The molecule has 2 radical (unpaired) electrons. The minimum atomic E-state index is -1.79. The molecule has 0 rings (SSSR count). The van der Waals surface area contributed by atoms with E-state index in [9.17, 15) is 29.7 Å². The van der Waals surface area contributed by atoms with Crippen LogP contribution in [0.5, 0.6) is 0 Å². The van der Waals surface area contributed by atoms with Crippen molar-refractivity contribution in [3.8, 4) is 0 Å². The summed E-state index contributed by atoms with van der Waals surface area (Å²) >= 11 is 0. The molecule has 0 amide bonds. The topological polar surface area (TPSA) is 242 Å². The number of hydrogen-bond acceptors (Lipinski definition) is 12. The van der Waals surface area contributed by atoms with Gasteiger partial charge < -0.3 is 60.3 Å². The van der Waals surface area contributed by atoms with E-state index in [-0.39, 0.29) is 26.2 Å². The number of carboxylic acids is 3. The zero-order valence-corrected chi connectivity index (χ0v) is 14.4. The third-order valence-electron chi connectivity index (χ3n) is 1.05. The average molecular weight is 524 g/mol. The molecule has 6 N–H and O–H groups in total. The van der Waals surface area contributed by atoms with E-state index in [0.29, 0.717) is 0 Å². The molecule has 0 fully saturated rings. The predicted molar refractivity (Wildman–Crippen MR) is 59.3 cm³/mol. The number of carbonyl (C=O) groups is 3. The zero-order valence-electron chi connectivity index (χ0n) is 10.9. The van der Waals surface area contributed by atoms with Gasteiger partial charge >= 0.3 is 26.2 Å². The molecule has 0 aromatic rings. The van der Waals surface area contributed by atoms with Gasteiger partial charge in [-0.15, -0.1) is 0 Å². The number of aliphatic hydroxyl groups excluding tert-OH is 3. The van der Waals surface area contributed by atoms with Gasteiger partial charge in [0.25, 0.3) is 0 Å². The van der Waals surface area contributed by atoms with E-state index in [2.05, 4.69) is 0 Å². The molecule has 0 aromatic carbocycles. The Morgan fingerprint density at radius 2 is 0.727 bits per heavy atom. The second kappa shape index (κ2) is 18.1. The Labute approximate surface area is 143 Å². The molecule has 0 saturated carbocycles. The van der Waals surface area contributed by atoms with Crippen molar-refractivity contribution in [2.45, 2.75) is 38.1 Å². The molecule has 0 aliphatic carbocycles. The van der Waals surface area contributed by atoms with E-state index in [4.69, 9.17) is 30.6 Å². The Bertz CT molecular complexity index is 255. The number of carbonyl (C=O) groups excluding carboxylic acids is 3. The molecule has 0 aliphatic heterocycles. The molecule has 12 nitrogen and oxygen atoms in total. The summed E-state index contributed by atoms with van der Waals surface area (Å²) in [7, 11) is 0. The van der Waals surface area contributed by atoms with E-state index >= 15 is 0 Å². The monoisotopic (exact) mass is 524 g/mol. The molecule has 0 atom stereocenters. The van der Waals surface area contributed by atoms with Gasteiger partial charge in [0.15, 0.2) is 18.9 Å². The quantitative estimate of drug-likeness (QED) is 0.140. The largest absolute Gasteiger partial charge is 3.00 e. The summed E-state index contributed by atoms with van der Waals surface area (Å²) in [6.45, 7) is 0. The van der Waals surface area contributed by atoms with Crippen molar-refractivity contribution in [3.05, 3.63) is 0 Å². The minimum absolute atomic E-state index is 0. The maximum Gasteiger partial charge on any atom is 3.00 e. The summed E-state index contributed by atoms with van der Waals surface area (Å²) in [5, 5.41) is 75.3. The van der Waals surface area contributed by atoms with Gasteiger partial charge in [0, 0.05) is 37.2 Å². The van der Waals surface area contributed by atoms with E-state index in [1.54, 1.807) is 0 Å². The van der Waals surface area contributed by atoms with Crippen LogP contribution in [0.25, 0.3) is 0 Å². The van der Waals surface area contributed by atoms with Crippen molar-refractivity contribution in [2.24, 2.45) is 0 Å². The summed E-state index contributed by atoms with van der Waals surface area (Å²) in [6.07, 6.45) is -7.53. The summed E-state index contributed by atoms with van der Waals surface area (Å²) < 4.78 is 0. The molecular formula is C9H15BiO12. The van der Waals surface area contributed by atoms with Gasteiger partial charge in [-0.3, -0.25) is 0 Å². The van der Waals surface area contributed by atoms with Gasteiger partial charge in [-0.25, -0.2) is 0 Å². The van der Waals surface area contributed by atoms with Crippen molar-refractivity contribution in [3.63, 3.8) is 0 Å². The number of carboxylic acid groups (broad SMARTS) is 3. The summed E-state index contributed by atoms with van der Waals surface area (Å²) in [5.41, 5.74) is 0. The first-order valence-corrected chi connectivity index (χ1v) is 5.06. The van der Waals surface area contributed by atoms with E-state index < -0.39 is 56.0 Å². The van der Waals surface area contributed by atoms with Crippen LogP contribution in [0.3, 0.4) is 0 Å². The van der Waals surface area contributed by atoms with E-state index in [0.717, 1.165) is 0 Å². The van der Waals surface area contributed by atoms with Gasteiger partial charge in [-0.05, 0) is 0 Å². The van der Waals surface area contributed by atoms with Gasteiger partial charge in [0.05, 0.1) is 0 Å². The first-order valence-electron chi connectivity index (χ1n) is 5.06. The van der Waals surface area contributed by atoms with Crippen LogP contribution in [0.1, 0.15) is 19.3 Å². The standard InChI is InChI=1S/3C3H6O4.Bi/c3*4-2(5)1-3(6)7;/h3*2,4-5H,1H2,(H,6,7);/q;;;+3/p-3. The van der Waals surface area contributed by atoms with Crippen LogP contribution < -0.4 is 15.3 Å². The fourth-order valence-corrected chi connectivity index (χ4v) is 0.447. The van der Waals surface area contributed by atoms with Crippen molar-refractivity contribution < 1.29 is 60.3 Å². The van der Waals surface area contributed by atoms with Crippen LogP contribution in [0.4, 0.5) is 0 Å². The van der Waals surface area contributed by atoms with Crippen molar-refractivity contribution in [2.75, 3.05) is 0 Å².